The highest BCUT2D eigenvalue weighted by molar-refractivity contribution is 5.85. The third-order valence-electron chi connectivity index (χ3n) is 2.92. The fourth-order valence-electron chi connectivity index (χ4n) is 1.97. The van der Waals surface area contributed by atoms with Crippen LogP contribution in [-0.2, 0) is 0 Å². The van der Waals surface area contributed by atoms with Crippen molar-refractivity contribution in [2.45, 2.75) is 6.92 Å². The van der Waals surface area contributed by atoms with Crippen molar-refractivity contribution in [2.75, 3.05) is 0 Å². The molecule has 0 saturated carbocycles. The Hall–Kier alpha value is -2.22. The van der Waals surface area contributed by atoms with Gasteiger partial charge < -0.3 is 0 Å². The van der Waals surface area contributed by atoms with Crippen LogP contribution < -0.4 is 0 Å². The van der Waals surface area contributed by atoms with Crippen LogP contribution in [0.25, 0.3) is 22.0 Å². The summed E-state index contributed by atoms with van der Waals surface area (Å²) in [6.07, 6.45) is 5.58. The van der Waals surface area contributed by atoms with Gasteiger partial charge in [-0.25, -0.2) is 0 Å². The smallest absolute Gasteiger partial charge is 0.0888 e. The number of nitrogens with zero attached hydrogens (tertiary/aromatic N) is 2. The molecule has 0 bridgehead atoms. The molecule has 0 spiro atoms. The van der Waals surface area contributed by atoms with Crippen LogP contribution in [0.3, 0.4) is 0 Å². The van der Waals surface area contributed by atoms with Crippen LogP contribution in [0.1, 0.15) is 5.56 Å². The van der Waals surface area contributed by atoms with E-state index in [1.165, 1.54) is 10.9 Å². The molecule has 2 nitrogen and oxygen atoms in total. The highest BCUT2D eigenvalue weighted by Crippen LogP contribution is 2.23. The maximum absolute atomic E-state index is 4.46. The fraction of sp³-hybridized carbons (Fsp3) is 0.0667. The molecule has 0 aliphatic rings. The van der Waals surface area contributed by atoms with E-state index in [0.29, 0.717) is 0 Å². The first kappa shape index (κ1) is 9.97. The number of aryl methyl sites for hydroxylation is 1. The molecule has 0 N–H and O–H groups in total. The fourth-order valence-corrected chi connectivity index (χ4v) is 1.97. The maximum atomic E-state index is 4.46. The molecule has 0 aliphatic heterocycles. The van der Waals surface area contributed by atoms with Gasteiger partial charge in [-0.2, -0.15) is 0 Å². The van der Waals surface area contributed by atoms with Crippen LogP contribution >= 0.6 is 0 Å². The molecular weight excluding hydrogens is 208 g/mol. The molecule has 0 fully saturated rings. The first-order chi connectivity index (χ1) is 8.34. The molecule has 0 atom stereocenters. The molecule has 82 valence electrons. The lowest BCUT2D eigenvalue weighted by molar-refractivity contribution is 1.27. The molecule has 1 aromatic carbocycles. The average molecular weight is 220 g/mol. The lowest BCUT2D eigenvalue weighted by Crippen LogP contribution is -1.86. The van der Waals surface area contributed by atoms with Gasteiger partial charge >= 0.3 is 0 Å². The highest BCUT2D eigenvalue weighted by Gasteiger charge is 2.02. The summed E-state index contributed by atoms with van der Waals surface area (Å²) in [5.74, 6) is 0. The van der Waals surface area contributed by atoms with E-state index in [1.807, 2.05) is 30.6 Å². The van der Waals surface area contributed by atoms with Crippen LogP contribution in [-0.4, -0.2) is 9.97 Å². The van der Waals surface area contributed by atoms with Gasteiger partial charge in [-0.3, -0.25) is 9.97 Å². The summed E-state index contributed by atoms with van der Waals surface area (Å²) >= 11 is 0. The molecule has 0 saturated heterocycles. The number of hydrogen-bond donors (Lipinski definition) is 0. The number of pyridine rings is 2. The van der Waals surface area contributed by atoms with E-state index < -0.39 is 0 Å². The first-order valence-electron chi connectivity index (χ1n) is 5.60. The molecular formula is C15H12N2. The number of fused-ring (bicyclic) bond motifs is 1. The van der Waals surface area contributed by atoms with Crippen molar-refractivity contribution in [3.8, 4) is 11.1 Å². The molecule has 2 heteroatoms. The molecule has 3 aromatic rings. The third-order valence-corrected chi connectivity index (χ3v) is 2.92. The van der Waals surface area contributed by atoms with Gasteiger partial charge in [0.05, 0.1) is 11.7 Å². The van der Waals surface area contributed by atoms with Gasteiger partial charge in [0.1, 0.15) is 0 Å². The maximum Gasteiger partial charge on any atom is 0.0888 e. The normalized spacial score (nSPS) is 10.6. The minimum atomic E-state index is 0.949. The minimum Gasteiger partial charge on any atom is -0.262 e. The van der Waals surface area contributed by atoms with Crippen LogP contribution in [0.2, 0.25) is 0 Å². The topological polar surface area (TPSA) is 25.8 Å². The number of benzene rings is 1. The summed E-state index contributed by atoms with van der Waals surface area (Å²) in [5, 5.41) is 1.17. The number of aromatic nitrogens is 2. The predicted octanol–water partition coefficient (Wildman–Crippen LogP) is 3.61. The molecule has 0 unspecified atom stereocenters. The highest BCUT2D eigenvalue weighted by atomic mass is 14.7. The summed E-state index contributed by atoms with van der Waals surface area (Å²) in [6.45, 7) is 2.06. The summed E-state index contributed by atoms with van der Waals surface area (Å²) in [4.78, 5) is 8.61. The quantitative estimate of drug-likeness (QED) is 0.626. The Morgan fingerprint density at radius 2 is 1.71 bits per heavy atom. The van der Waals surface area contributed by atoms with E-state index in [9.17, 15) is 0 Å². The molecule has 0 aliphatic carbocycles. The predicted molar refractivity (Wildman–Crippen MR) is 69.7 cm³/mol. The van der Waals surface area contributed by atoms with E-state index in [1.54, 1.807) is 6.20 Å². The summed E-state index contributed by atoms with van der Waals surface area (Å²) in [7, 11) is 0. The largest absolute Gasteiger partial charge is 0.262 e. The Morgan fingerprint density at radius 1 is 0.882 bits per heavy atom. The second-order valence-electron chi connectivity index (χ2n) is 4.11. The van der Waals surface area contributed by atoms with E-state index in [2.05, 4.69) is 35.1 Å². The Kier molecular flexibility index (Phi) is 2.33. The average Bonchev–Trinajstić information content (AvgIpc) is 2.40. The lowest BCUT2D eigenvalue weighted by atomic mass is 10.0. The van der Waals surface area contributed by atoms with Crippen molar-refractivity contribution in [1.29, 1.82) is 0 Å². The van der Waals surface area contributed by atoms with Gasteiger partial charge in [0, 0.05) is 23.3 Å². The number of hydrogen-bond acceptors (Lipinski definition) is 2. The van der Waals surface area contributed by atoms with E-state index in [0.717, 1.165) is 16.6 Å². The van der Waals surface area contributed by atoms with Crippen LogP contribution in [0.15, 0.2) is 55.0 Å². The van der Waals surface area contributed by atoms with Crippen LogP contribution in [0.5, 0.6) is 0 Å². The van der Waals surface area contributed by atoms with Crippen molar-refractivity contribution in [3.63, 3.8) is 0 Å². The van der Waals surface area contributed by atoms with Gasteiger partial charge in [-0.05, 0) is 24.1 Å². The summed E-state index contributed by atoms with van der Waals surface area (Å²) in [6, 6.07) is 12.5. The lowest BCUT2D eigenvalue weighted by Gasteiger charge is -2.04. The van der Waals surface area contributed by atoms with Crippen molar-refractivity contribution in [1.82, 2.24) is 9.97 Å². The van der Waals surface area contributed by atoms with Crippen LogP contribution in [0.4, 0.5) is 0 Å². The van der Waals surface area contributed by atoms with Crippen molar-refractivity contribution in [2.24, 2.45) is 0 Å². The Labute approximate surface area is 100.0 Å². The van der Waals surface area contributed by atoms with Crippen molar-refractivity contribution >= 4 is 10.9 Å². The van der Waals surface area contributed by atoms with Crippen molar-refractivity contribution in [3.05, 3.63) is 60.6 Å². The van der Waals surface area contributed by atoms with Gasteiger partial charge in [-0.15, -0.1) is 0 Å². The minimum absolute atomic E-state index is 0.949. The van der Waals surface area contributed by atoms with Gasteiger partial charge in [0.2, 0.25) is 0 Å². The molecule has 2 aromatic heterocycles. The molecule has 17 heavy (non-hydrogen) atoms. The molecule has 0 amide bonds. The van der Waals surface area contributed by atoms with Crippen LogP contribution in [0, 0.1) is 6.92 Å². The monoisotopic (exact) mass is 220 g/mol. The Balaban J connectivity index is 2.23. The van der Waals surface area contributed by atoms with E-state index >= 15 is 0 Å². The van der Waals surface area contributed by atoms with Gasteiger partial charge in [0.15, 0.2) is 0 Å². The summed E-state index contributed by atoms with van der Waals surface area (Å²) < 4.78 is 0. The van der Waals surface area contributed by atoms with E-state index in [-0.39, 0.29) is 0 Å². The molecule has 0 radical (unpaired) electrons. The molecule has 2 heterocycles. The first-order valence-corrected chi connectivity index (χ1v) is 5.60. The number of rotatable bonds is 1. The van der Waals surface area contributed by atoms with Crippen molar-refractivity contribution < 1.29 is 0 Å². The van der Waals surface area contributed by atoms with E-state index in [4.69, 9.17) is 0 Å². The third kappa shape index (κ3) is 1.78. The van der Waals surface area contributed by atoms with Gasteiger partial charge in [0.25, 0.3) is 0 Å². The SMILES string of the molecule is Cc1cncc2ncc(-c3ccccc3)cc12. The van der Waals surface area contributed by atoms with Gasteiger partial charge in [-0.1, -0.05) is 30.3 Å². The standard InChI is InChI=1S/C15H12N2/c1-11-8-16-10-15-14(11)7-13(9-17-15)12-5-3-2-4-6-12/h2-10H,1H3. The zero-order valence-corrected chi connectivity index (χ0v) is 9.59. The molecule has 3 rings (SSSR count). The second kappa shape index (κ2) is 3.98. The Morgan fingerprint density at radius 3 is 2.53 bits per heavy atom. The zero-order valence-electron chi connectivity index (χ0n) is 9.59. The zero-order chi connectivity index (χ0) is 11.7. The second-order valence-corrected chi connectivity index (χ2v) is 4.11. The summed E-state index contributed by atoms with van der Waals surface area (Å²) in [5.41, 5.74) is 4.45. The Bertz CT molecular complexity index is 660.